The normalized spacial score (nSPS) is 11.1. The third-order valence-corrected chi connectivity index (χ3v) is 4.81. The zero-order chi connectivity index (χ0) is 19.7. The van der Waals surface area contributed by atoms with Gasteiger partial charge in [-0.05, 0) is 43.2 Å². The van der Waals surface area contributed by atoms with Gasteiger partial charge in [0.2, 0.25) is 0 Å². The van der Waals surface area contributed by atoms with Gasteiger partial charge in [0.1, 0.15) is 12.3 Å². The molecule has 0 amide bonds. The molecular formula is C22H19N3O3. The fraction of sp³-hybridized carbons (Fsp3) is 0.182. The Bertz CT molecular complexity index is 1260. The molecule has 0 aliphatic carbocycles. The van der Waals surface area contributed by atoms with E-state index in [-0.39, 0.29) is 24.6 Å². The SMILES string of the molecule is Cc1nc2ccccc2c(C)c1CC(=O)OCc1cc(=O)n2ccccc2n1. The molecule has 0 N–H and O–H groups in total. The van der Waals surface area contributed by atoms with Crippen molar-refractivity contribution in [2.24, 2.45) is 0 Å². The lowest BCUT2D eigenvalue weighted by Crippen LogP contribution is -2.17. The van der Waals surface area contributed by atoms with Gasteiger partial charge in [-0.1, -0.05) is 24.3 Å². The van der Waals surface area contributed by atoms with Crippen LogP contribution in [0, 0.1) is 13.8 Å². The first-order valence-corrected chi connectivity index (χ1v) is 9.00. The summed E-state index contributed by atoms with van der Waals surface area (Å²) in [4.78, 5) is 33.5. The van der Waals surface area contributed by atoms with E-state index >= 15 is 0 Å². The number of ether oxygens (including phenoxy) is 1. The highest BCUT2D eigenvalue weighted by Crippen LogP contribution is 2.23. The van der Waals surface area contributed by atoms with Crippen LogP contribution in [0.1, 0.15) is 22.5 Å². The standard InChI is InChI=1S/C22H19N3O3/c1-14-17-7-3-4-8-19(17)23-15(2)18(14)12-22(27)28-13-16-11-21(26)25-10-6-5-9-20(25)24-16/h3-11H,12-13H2,1-2H3. The van der Waals surface area contributed by atoms with Crippen LogP contribution in [0.2, 0.25) is 0 Å². The van der Waals surface area contributed by atoms with E-state index in [4.69, 9.17) is 4.74 Å². The fourth-order valence-corrected chi connectivity index (χ4v) is 3.36. The van der Waals surface area contributed by atoms with E-state index in [1.165, 1.54) is 10.5 Å². The van der Waals surface area contributed by atoms with E-state index in [1.807, 2.05) is 38.1 Å². The molecule has 0 unspecified atom stereocenters. The molecule has 3 heterocycles. The summed E-state index contributed by atoms with van der Waals surface area (Å²) in [6.07, 6.45) is 1.78. The maximum Gasteiger partial charge on any atom is 0.310 e. The number of para-hydroxylation sites is 1. The highest BCUT2D eigenvalue weighted by Gasteiger charge is 2.14. The minimum absolute atomic E-state index is 0.0431. The van der Waals surface area contributed by atoms with Gasteiger partial charge in [0.25, 0.3) is 5.56 Å². The highest BCUT2D eigenvalue weighted by molar-refractivity contribution is 5.85. The topological polar surface area (TPSA) is 73.6 Å². The monoisotopic (exact) mass is 373 g/mol. The first-order chi connectivity index (χ1) is 13.5. The third kappa shape index (κ3) is 3.36. The molecule has 0 bridgehead atoms. The molecule has 6 nitrogen and oxygen atoms in total. The molecule has 0 atom stereocenters. The van der Waals surface area contributed by atoms with Crippen LogP contribution >= 0.6 is 0 Å². The van der Waals surface area contributed by atoms with Gasteiger partial charge in [0.05, 0.1) is 17.6 Å². The van der Waals surface area contributed by atoms with E-state index in [0.717, 1.165) is 27.7 Å². The van der Waals surface area contributed by atoms with Crippen LogP contribution < -0.4 is 5.56 Å². The Kier molecular flexibility index (Phi) is 4.61. The summed E-state index contributed by atoms with van der Waals surface area (Å²) < 4.78 is 6.82. The van der Waals surface area contributed by atoms with Crippen LogP contribution in [-0.2, 0) is 22.6 Å². The average Bonchev–Trinajstić information content (AvgIpc) is 2.69. The molecule has 4 rings (SSSR count). The van der Waals surface area contributed by atoms with Gasteiger partial charge < -0.3 is 4.74 Å². The molecule has 0 fully saturated rings. The van der Waals surface area contributed by atoms with Crippen molar-refractivity contribution in [3.63, 3.8) is 0 Å². The predicted octanol–water partition coefficient (Wildman–Crippen LogP) is 3.15. The van der Waals surface area contributed by atoms with Crippen molar-refractivity contribution >= 4 is 22.5 Å². The smallest absolute Gasteiger partial charge is 0.310 e. The second-order valence-electron chi connectivity index (χ2n) is 6.67. The Balaban J connectivity index is 1.53. The summed E-state index contributed by atoms with van der Waals surface area (Å²) in [6, 6.07) is 14.5. The number of carbonyl (C=O) groups is 1. The molecule has 0 saturated heterocycles. The summed E-state index contributed by atoms with van der Waals surface area (Å²) in [6.45, 7) is 3.85. The quantitative estimate of drug-likeness (QED) is 0.514. The van der Waals surface area contributed by atoms with E-state index in [2.05, 4.69) is 9.97 Å². The molecule has 140 valence electrons. The Hall–Kier alpha value is -3.54. The number of hydrogen-bond acceptors (Lipinski definition) is 5. The molecule has 0 aliphatic heterocycles. The second-order valence-corrected chi connectivity index (χ2v) is 6.67. The van der Waals surface area contributed by atoms with Crippen LogP contribution in [0.3, 0.4) is 0 Å². The number of hydrogen-bond donors (Lipinski definition) is 0. The van der Waals surface area contributed by atoms with Crippen LogP contribution in [0.4, 0.5) is 0 Å². The van der Waals surface area contributed by atoms with Crippen LogP contribution in [0.5, 0.6) is 0 Å². The number of esters is 1. The largest absolute Gasteiger partial charge is 0.459 e. The van der Waals surface area contributed by atoms with E-state index in [0.29, 0.717) is 11.3 Å². The summed E-state index contributed by atoms with van der Waals surface area (Å²) >= 11 is 0. The van der Waals surface area contributed by atoms with Crippen molar-refractivity contribution < 1.29 is 9.53 Å². The number of aromatic nitrogens is 3. The number of pyridine rings is 2. The van der Waals surface area contributed by atoms with Gasteiger partial charge in [-0.15, -0.1) is 0 Å². The van der Waals surface area contributed by atoms with Crippen LogP contribution in [0.15, 0.2) is 59.5 Å². The predicted molar refractivity (Wildman–Crippen MR) is 106 cm³/mol. The number of carbonyl (C=O) groups excluding carboxylic acids is 1. The molecule has 0 radical (unpaired) electrons. The van der Waals surface area contributed by atoms with Gasteiger partial charge in [-0.25, -0.2) is 4.98 Å². The first-order valence-electron chi connectivity index (χ1n) is 9.00. The number of fused-ring (bicyclic) bond motifs is 2. The minimum atomic E-state index is -0.377. The van der Waals surface area contributed by atoms with Crippen molar-refractivity contribution in [3.8, 4) is 0 Å². The number of nitrogens with zero attached hydrogens (tertiary/aromatic N) is 3. The van der Waals surface area contributed by atoms with E-state index in [1.54, 1.807) is 24.4 Å². The van der Waals surface area contributed by atoms with Gasteiger partial charge in [-0.3, -0.25) is 19.0 Å². The third-order valence-electron chi connectivity index (χ3n) is 4.81. The van der Waals surface area contributed by atoms with Crippen molar-refractivity contribution in [3.05, 3.63) is 87.6 Å². The Morgan fingerprint density at radius 1 is 1.07 bits per heavy atom. The Morgan fingerprint density at radius 2 is 1.86 bits per heavy atom. The molecule has 0 saturated carbocycles. The molecule has 0 spiro atoms. The lowest BCUT2D eigenvalue weighted by molar-refractivity contribution is -0.144. The highest BCUT2D eigenvalue weighted by atomic mass is 16.5. The molecule has 1 aromatic carbocycles. The molecule has 3 aromatic heterocycles. The molecule has 28 heavy (non-hydrogen) atoms. The van der Waals surface area contributed by atoms with Crippen LogP contribution in [0.25, 0.3) is 16.6 Å². The zero-order valence-corrected chi connectivity index (χ0v) is 15.7. The molecule has 6 heteroatoms. The summed E-state index contributed by atoms with van der Waals surface area (Å²) in [5, 5.41) is 1.03. The molecule has 4 aromatic rings. The summed E-state index contributed by atoms with van der Waals surface area (Å²) in [5.74, 6) is -0.377. The minimum Gasteiger partial charge on any atom is -0.459 e. The van der Waals surface area contributed by atoms with Crippen molar-refractivity contribution in [1.82, 2.24) is 14.4 Å². The fourth-order valence-electron chi connectivity index (χ4n) is 3.36. The van der Waals surface area contributed by atoms with Crippen LogP contribution in [-0.4, -0.2) is 20.3 Å². The summed E-state index contributed by atoms with van der Waals surface area (Å²) in [5.41, 5.74) is 4.37. The van der Waals surface area contributed by atoms with E-state index < -0.39 is 0 Å². The number of benzene rings is 1. The van der Waals surface area contributed by atoms with Gasteiger partial charge >= 0.3 is 5.97 Å². The second kappa shape index (κ2) is 7.23. The lowest BCUT2D eigenvalue weighted by Gasteiger charge is -2.12. The van der Waals surface area contributed by atoms with Crippen molar-refractivity contribution in [1.29, 1.82) is 0 Å². The lowest BCUT2D eigenvalue weighted by atomic mass is 10.00. The van der Waals surface area contributed by atoms with Crippen molar-refractivity contribution in [2.45, 2.75) is 26.9 Å². The van der Waals surface area contributed by atoms with Gasteiger partial charge in [0, 0.05) is 23.3 Å². The molecule has 0 aliphatic rings. The maximum absolute atomic E-state index is 12.4. The van der Waals surface area contributed by atoms with Gasteiger partial charge in [-0.2, -0.15) is 0 Å². The maximum atomic E-state index is 12.4. The van der Waals surface area contributed by atoms with Gasteiger partial charge in [0.15, 0.2) is 0 Å². The number of rotatable bonds is 4. The first kappa shape index (κ1) is 17.9. The Morgan fingerprint density at radius 3 is 2.71 bits per heavy atom. The average molecular weight is 373 g/mol. The summed E-state index contributed by atoms with van der Waals surface area (Å²) in [7, 11) is 0. The molecular weight excluding hydrogens is 354 g/mol. The zero-order valence-electron chi connectivity index (χ0n) is 15.7. The number of aryl methyl sites for hydroxylation is 2. The van der Waals surface area contributed by atoms with E-state index in [9.17, 15) is 9.59 Å². The van der Waals surface area contributed by atoms with Crippen molar-refractivity contribution in [2.75, 3.05) is 0 Å². The Labute approximate surface area is 161 Å².